The molecule has 3 aromatic rings. The summed E-state index contributed by atoms with van der Waals surface area (Å²) in [5.41, 5.74) is 8.21. The fraction of sp³-hybridized carbons (Fsp3) is 0.238. The van der Waals surface area contributed by atoms with Gasteiger partial charge >= 0.3 is 0 Å². The Bertz CT molecular complexity index is 1000. The average molecular weight is 360 g/mol. The summed E-state index contributed by atoms with van der Waals surface area (Å²) in [6.07, 6.45) is 4.95. The highest BCUT2D eigenvalue weighted by atomic mass is 16.2. The van der Waals surface area contributed by atoms with E-state index in [1.54, 1.807) is 24.5 Å². The highest BCUT2D eigenvalue weighted by Crippen LogP contribution is 2.30. The largest absolute Gasteiger partial charge is 0.366 e. The van der Waals surface area contributed by atoms with Crippen molar-refractivity contribution in [2.75, 3.05) is 13.1 Å². The van der Waals surface area contributed by atoms with Gasteiger partial charge in [-0.3, -0.25) is 19.6 Å². The van der Waals surface area contributed by atoms with E-state index in [-0.39, 0.29) is 11.8 Å². The monoisotopic (exact) mass is 360 g/mol. The van der Waals surface area contributed by atoms with Gasteiger partial charge in [-0.2, -0.15) is 0 Å². The van der Waals surface area contributed by atoms with Gasteiger partial charge < -0.3 is 10.6 Å². The van der Waals surface area contributed by atoms with Crippen LogP contribution in [0, 0.1) is 0 Å². The molecule has 1 aromatic carbocycles. The van der Waals surface area contributed by atoms with E-state index in [1.807, 2.05) is 35.2 Å². The molecule has 2 aromatic heterocycles. The summed E-state index contributed by atoms with van der Waals surface area (Å²) in [6.45, 7) is 1.21. The lowest BCUT2D eigenvalue weighted by molar-refractivity contribution is 0.0705. The molecule has 1 saturated heterocycles. The number of pyridine rings is 2. The molecule has 1 unspecified atom stereocenters. The highest BCUT2D eigenvalue weighted by molar-refractivity contribution is 5.98. The van der Waals surface area contributed by atoms with Gasteiger partial charge in [0.1, 0.15) is 0 Å². The van der Waals surface area contributed by atoms with Gasteiger partial charge in [0.15, 0.2) is 0 Å². The number of carbonyl (C=O) groups excluding carboxylic acids is 2. The molecule has 0 saturated carbocycles. The Kier molecular flexibility index (Phi) is 4.54. The summed E-state index contributed by atoms with van der Waals surface area (Å²) in [5.74, 6) is -0.527. The molecule has 136 valence electrons. The first-order valence-corrected chi connectivity index (χ1v) is 9.02. The van der Waals surface area contributed by atoms with Gasteiger partial charge in [-0.15, -0.1) is 0 Å². The normalized spacial score (nSPS) is 17.0. The van der Waals surface area contributed by atoms with Crippen LogP contribution in [0.2, 0.25) is 0 Å². The zero-order chi connectivity index (χ0) is 18.8. The van der Waals surface area contributed by atoms with Crippen molar-refractivity contribution in [3.8, 4) is 0 Å². The van der Waals surface area contributed by atoms with Crippen molar-refractivity contribution >= 4 is 22.7 Å². The van der Waals surface area contributed by atoms with Crippen LogP contribution >= 0.6 is 0 Å². The maximum Gasteiger partial charge on any atom is 0.253 e. The Morgan fingerprint density at radius 1 is 1.11 bits per heavy atom. The van der Waals surface area contributed by atoms with Crippen LogP contribution in [-0.2, 0) is 0 Å². The van der Waals surface area contributed by atoms with Gasteiger partial charge in [-0.1, -0.05) is 18.2 Å². The number of rotatable bonds is 3. The van der Waals surface area contributed by atoms with Gasteiger partial charge in [-0.25, -0.2) is 0 Å². The Hall–Kier alpha value is -3.28. The smallest absolute Gasteiger partial charge is 0.253 e. The minimum absolute atomic E-state index is 0.0170. The third kappa shape index (κ3) is 3.38. The predicted octanol–water partition coefficient (Wildman–Crippen LogP) is 2.75. The molecule has 3 heterocycles. The fourth-order valence-corrected chi connectivity index (χ4v) is 3.70. The number of carbonyl (C=O) groups is 2. The van der Waals surface area contributed by atoms with Crippen LogP contribution in [-0.4, -0.2) is 39.8 Å². The fourth-order valence-electron chi connectivity index (χ4n) is 3.70. The van der Waals surface area contributed by atoms with Gasteiger partial charge in [0.05, 0.1) is 16.8 Å². The molecule has 2 N–H and O–H groups in total. The van der Waals surface area contributed by atoms with Crippen molar-refractivity contribution < 1.29 is 9.59 Å². The van der Waals surface area contributed by atoms with Crippen LogP contribution in [0.25, 0.3) is 10.9 Å². The summed E-state index contributed by atoms with van der Waals surface area (Å²) < 4.78 is 0. The van der Waals surface area contributed by atoms with Crippen molar-refractivity contribution in [3.63, 3.8) is 0 Å². The number of aromatic nitrogens is 2. The Labute approximate surface area is 157 Å². The number of hydrogen-bond acceptors (Lipinski definition) is 4. The van der Waals surface area contributed by atoms with E-state index in [0.29, 0.717) is 29.9 Å². The molecular weight excluding hydrogens is 340 g/mol. The average Bonchev–Trinajstić information content (AvgIpc) is 2.73. The number of amides is 2. The van der Waals surface area contributed by atoms with Crippen molar-refractivity contribution in [3.05, 3.63) is 71.7 Å². The van der Waals surface area contributed by atoms with Crippen LogP contribution in [0.5, 0.6) is 0 Å². The number of nitrogens with two attached hydrogens (primary N) is 1. The topological polar surface area (TPSA) is 89.2 Å². The van der Waals surface area contributed by atoms with Crippen molar-refractivity contribution in [1.82, 2.24) is 14.9 Å². The molecule has 1 fully saturated rings. The Morgan fingerprint density at radius 3 is 2.67 bits per heavy atom. The molecule has 0 spiro atoms. The number of benzene rings is 1. The second-order valence-electron chi connectivity index (χ2n) is 6.80. The predicted molar refractivity (Wildman–Crippen MR) is 102 cm³/mol. The summed E-state index contributed by atoms with van der Waals surface area (Å²) in [7, 11) is 0. The van der Waals surface area contributed by atoms with Crippen molar-refractivity contribution in [2.45, 2.75) is 18.8 Å². The molecule has 27 heavy (non-hydrogen) atoms. The lowest BCUT2D eigenvalue weighted by atomic mass is 9.90. The minimum Gasteiger partial charge on any atom is -0.366 e. The van der Waals surface area contributed by atoms with Crippen LogP contribution < -0.4 is 5.73 Å². The lowest BCUT2D eigenvalue weighted by Gasteiger charge is -2.33. The summed E-state index contributed by atoms with van der Waals surface area (Å²) in [6, 6.07) is 12.9. The number of likely N-dealkylation sites (tertiary alicyclic amines) is 1. The van der Waals surface area contributed by atoms with Crippen molar-refractivity contribution in [2.24, 2.45) is 5.73 Å². The van der Waals surface area contributed by atoms with Crippen LogP contribution in [0.15, 0.2) is 54.9 Å². The van der Waals surface area contributed by atoms with E-state index in [0.717, 1.165) is 23.7 Å². The molecule has 4 rings (SSSR count). The Morgan fingerprint density at radius 2 is 1.89 bits per heavy atom. The standard InChI is InChI=1S/C21H20N4O2/c22-20(26)17-12-15-4-1-2-6-18(15)24-19(17)16-5-3-11-25(13-16)21(27)14-7-9-23-10-8-14/h1-2,4,6-10,12,16H,3,5,11,13H2,(H2,22,26). The quantitative estimate of drug-likeness (QED) is 0.778. The molecule has 1 aliphatic heterocycles. The van der Waals surface area contributed by atoms with Crippen LogP contribution in [0.3, 0.4) is 0 Å². The third-order valence-corrected chi connectivity index (χ3v) is 5.04. The molecular formula is C21H20N4O2. The van der Waals surface area contributed by atoms with Gasteiger partial charge in [0.25, 0.3) is 11.8 Å². The van der Waals surface area contributed by atoms with E-state index < -0.39 is 5.91 Å². The Balaban J connectivity index is 1.67. The van der Waals surface area contributed by atoms with E-state index in [1.165, 1.54) is 0 Å². The van der Waals surface area contributed by atoms with E-state index >= 15 is 0 Å². The first-order valence-electron chi connectivity index (χ1n) is 9.02. The number of para-hydroxylation sites is 1. The molecule has 6 nitrogen and oxygen atoms in total. The first-order chi connectivity index (χ1) is 13.1. The van der Waals surface area contributed by atoms with E-state index in [4.69, 9.17) is 10.7 Å². The molecule has 2 amide bonds. The summed E-state index contributed by atoms with van der Waals surface area (Å²) >= 11 is 0. The number of primary amides is 1. The molecule has 6 heteroatoms. The van der Waals surface area contributed by atoms with Gasteiger partial charge in [0.2, 0.25) is 0 Å². The number of piperidine rings is 1. The van der Waals surface area contributed by atoms with E-state index in [2.05, 4.69) is 4.98 Å². The molecule has 1 atom stereocenters. The maximum absolute atomic E-state index is 12.8. The second-order valence-corrected chi connectivity index (χ2v) is 6.80. The van der Waals surface area contributed by atoms with Crippen LogP contribution in [0.1, 0.15) is 45.2 Å². The number of fused-ring (bicyclic) bond motifs is 1. The van der Waals surface area contributed by atoms with Gasteiger partial charge in [-0.05, 0) is 37.1 Å². The van der Waals surface area contributed by atoms with E-state index in [9.17, 15) is 9.59 Å². The molecule has 0 aliphatic carbocycles. The second kappa shape index (κ2) is 7.15. The zero-order valence-corrected chi connectivity index (χ0v) is 14.8. The zero-order valence-electron chi connectivity index (χ0n) is 14.8. The third-order valence-electron chi connectivity index (χ3n) is 5.04. The minimum atomic E-state index is -0.485. The SMILES string of the molecule is NC(=O)c1cc2ccccc2nc1C1CCCN(C(=O)c2ccncc2)C1. The lowest BCUT2D eigenvalue weighted by Crippen LogP contribution is -2.39. The molecule has 0 bridgehead atoms. The maximum atomic E-state index is 12.8. The summed E-state index contributed by atoms with van der Waals surface area (Å²) in [5, 5.41) is 0.885. The summed E-state index contributed by atoms with van der Waals surface area (Å²) in [4.78, 5) is 35.4. The highest BCUT2D eigenvalue weighted by Gasteiger charge is 2.29. The van der Waals surface area contributed by atoms with Gasteiger partial charge in [0, 0.05) is 42.4 Å². The number of nitrogens with zero attached hydrogens (tertiary/aromatic N) is 3. The van der Waals surface area contributed by atoms with Crippen LogP contribution in [0.4, 0.5) is 0 Å². The molecule has 1 aliphatic rings. The first kappa shape index (κ1) is 17.1. The number of hydrogen-bond donors (Lipinski definition) is 1. The van der Waals surface area contributed by atoms with Crippen molar-refractivity contribution in [1.29, 1.82) is 0 Å². The molecule has 0 radical (unpaired) electrons.